The van der Waals surface area contributed by atoms with Crippen molar-refractivity contribution in [1.82, 2.24) is 24.0 Å². The Morgan fingerprint density at radius 3 is 2.07 bits per heavy atom. The third-order valence-corrected chi connectivity index (χ3v) is 7.73. The lowest BCUT2D eigenvalue weighted by molar-refractivity contribution is 0.0592. The summed E-state index contributed by atoms with van der Waals surface area (Å²) in [5.74, 6) is -0.212. The summed E-state index contributed by atoms with van der Waals surface area (Å²) >= 11 is 0. The first kappa shape index (κ1) is 31.5. The van der Waals surface area contributed by atoms with Gasteiger partial charge in [-0.2, -0.15) is 0 Å². The molecule has 234 valence electrons. The van der Waals surface area contributed by atoms with Crippen molar-refractivity contribution < 1.29 is 14.3 Å². The van der Waals surface area contributed by atoms with Crippen LogP contribution in [0.3, 0.4) is 0 Å². The number of carbonyl (C=O) groups excluding carboxylic acids is 2. The van der Waals surface area contributed by atoms with E-state index >= 15 is 0 Å². The lowest BCUT2D eigenvalue weighted by atomic mass is 10.0. The number of rotatable bonds is 8. The third-order valence-electron chi connectivity index (χ3n) is 7.73. The van der Waals surface area contributed by atoms with Crippen LogP contribution in [-0.2, 0) is 24.8 Å². The van der Waals surface area contributed by atoms with Crippen molar-refractivity contribution in [2.45, 2.75) is 66.2 Å². The molecule has 9 heteroatoms. The van der Waals surface area contributed by atoms with Gasteiger partial charge in [-0.1, -0.05) is 71.8 Å². The Kier molecular flexibility index (Phi) is 9.09. The van der Waals surface area contributed by atoms with E-state index in [-0.39, 0.29) is 18.5 Å². The monoisotopic (exact) mass is 606 g/mol. The van der Waals surface area contributed by atoms with Gasteiger partial charge in [0.1, 0.15) is 11.3 Å². The van der Waals surface area contributed by atoms with Crippen LogP contribution in [0.25, 0.3) is 11.0 Å². The third kappa shape index (κ3) is 7.42. The van der Waals surface area contributed by atoms with Crippen molar-refractivity contribution in [3.8, 4) is 0 Å². The summed E-state index contributed by atoms with van der Waals surface area (Å²) in [6, 6.07) is 24.4. The molecule has 0 saturated carbocycles. The van der Waals surface area contributed by atoms with Crippen LogP contribution in [0.15, 0.2) is 84.1 Å². The van der Waals surface area contributed by atoms with E-state index in [0.29, 0.717) is 30.0 Å². The second kappa shape index (κ2) is 13.0. The van der Waals surface area contributed by atoms with E-state index in [4.69, 9.17) is 4.74 Å². The molecule has 0 radical (unpaired) electrons. The molecule has 0 bridgehead atoms. The highest BCUT2D eigenvalue weighted by Gasteiger charge is 2.24. The number of carbonyl (C=O) groups is 2. The van der Waals surface area contributed by atoms with Crippen molar-refractivity contribution in [1.29, 1.82) is 0 Å². The average molecular weight is 607 g/mol. The number of hydrogen-bond donors (Lipinski definition) is 1. The van der Waals surface area contributed by atoms with Crippen LogP contribution in [0.1, 0.15) is 65.2 Å². The molecule has 0 saturated heterocycles. The van der Waals surface area contributed by atoms with Gasteiger partial charge in [0.25, 0.3) is 5.91 Å². The zero-order valence-electron chi connectivity index (χ0n) is 27.2. The van der Waals surface area contributed by atoms with Crippen LogP contribution < -0.4 is 10.9 Å². The van der Waals surface area contributed by atoms with E-state index in [1.165, 1.54) is 11.1 Å². The molecule has 0 spiro atoms. The van der Waals surface area contributed by atoms with Gasteiger partial charge in [0, 0.05) is 13.6 Å². The predicted octanol–water partition coefficient (Wildman–Crippen LogP) is 6.20. The van der Waals surface area contributed by atoms with Crippen LogP contribution in [0.5, 0.6) is 0 Å². The molecule has 1 atom stereocenters. The fourth-order valence-electron chi connectivity index (χ4n) is 5.53. The first-order chi connectivity index (χ1) is 21.4. The average Bonchev–Trinajstić information content (AvgIpc) is 3.47. The van der Waals surface area contributed by atoms with Crippen molar-refractivity contribution in [3.63, 3.8) is 0 Å². The number of ether oxygens (including phenoxy) is 1. The van der Waals surface area contributed by atoms with Crippen molar-refractivity contribution in [2.75, 3.05) is 6.54 Å². The molecule has 1 unspecified atom stereocenters. The molecule has 0 fully saturated rings. The van der Waals surface area contributed by atoms with Crippen LogP contribution in [0.4, 0.5) is 4.79 Å². The van der Waals surface area contributed by atoms with E-state index in [1.54, 1.807) is 10.9 Å². The Morgan fingerprint density at radius 2 is 1.49 bits per heavy atom. The number of amides is 2. The normalized spacial score (nSPS) is 12.8. The summed E-state index contributed by atoms with van der Waals surface area (Å²) in [4.78, 5) is 35.7. The number of benzene rings is 3. The van der Waals surface area contributed by atoms with Gasteiger partial charge in [-0.15, -0.1) is 4.99 Å². The van der Waals surface area contributed by atoms with Gasteiger partial charge in [-0.25, -0.2) is 9.78 Å². The van der Waals surface area contributed by atoms with E-state index in [2.05, 4.69) is 86.8 Å². The first-order valence-corrected chi connectivity index (χ1v) is 15.2. The SMILES string of the molecule is Cc1ccc(CC(CNC(=O)c2c(C)ncn2C)n2c(=NC(=O)OC(C)(C)C)n(Cc3ccc(C)cc3)c3ccccc32)cc1. The maximum Gasteiger partial charge on any atom is 0.437 e. The van der Waals surface area contributed by atoms with Crippen LogP contribution >= 0.6 is 0 Å². The zero-order chi connectivity index (χ0) is 32.3. The number of aromatic nitrogens is 4. The minimum absolute atomic E-state index is 0.212. The standard InChI is InChI=1S/C36H42N6O3/c1-24-12-16-27(17-13-24)20-29(21-37-33(43)32-26(3)38-23-40(32)7)42-31-11-9-8-10-30(31)41(22-28-18-14-25(2)15-19-28)34(42)39-35(44)45-36(4,5)6/h8-19,23,29H,20-22H2,1-7H3,(H,37,43). The molecule has 2 aromatic heterocycles. The fourth-order valence-corrected chi connectivity index (χ4v) is 5.53. The number of fused-ring (bicyclic) bond motifs is 1. The first-order valence-electron chi connectivity index (χ1n) is 15.2. The molecule has 5 rings (SSSR count). The number of aryl methyl sites for hydroxylation is 4. The second-order valence-electron chi connectivity index (χ2n) is 12.7. The van der Waals surface area contributed by atoms with Gasteiger partial charge in [0.15, 0.2) is 0 Å². The summed E-state index contributed by atoms with van der Waals surface area (Å²) in [7, 11) is 1.81. The molecular formula is C36H42N6O3. The number of nitrogens with one attached hydrogen (secondary N) is 1. The molecule has 2 heterocycles. The summed E-state index contributed by atoms with van der Waals surface area (Å²) in [6.45, 7) is 12.2. The van der Waals surface area contributed by atoms with Crippen LogP contribution in [0, 0.1) is 20.8 Å². The fraction of sp³-hybridized carbons (Fsp3) is 0.333. The van der Waals surface area contributed by atoms with Gasteiger partial charge >= 0.3 is 6.09 Å². The maximum absolute atomic E-state index is 13.5. The summed E-state index contributed by atoms with van der Waals surface area (Å²) in [5, 5.41) is 3.16. The molecule has 0 aliphatic carbocycles. The predicted molar refractivity (Wildman–Crippen MR) is 176 cm³/mol. The number of nitrogens with zero attached hydrogens (tertiary/aromatic N) is 5. The van der Waals surface area contributed by atoms with Gasteiger partial charge < -0.3 is 23.8 Å². The van der Waals surface area contributed by atoms with E-state index in [9.17, 15) is 9.59 Å². The molecule has 3 aromatic carbocycles. The van der Waals surface area contributed by atoms with E-state index < -0.39 is 11.7 Å². The lowest BCUT2D eigenvalue weighted by Crippen LogP contribution is -2.38. The minimum atomic E-state index is -0.713. The van der Waals surface area contributed by atoms with Crippen LogP contribution in [-0.4, -0.2) is 42.8 Å². The molecule has 5 aromatic rings. The molecule has 9 nitrogen and oxygen atoms in total. The smallest absolute Gasteiger partial charge is 0.437 e. The highest BCUT2D eigenvalue weighted by atomic mass is 16.6. The highest BCUT2D eigenvalue weighted by molar-refractivity contribution is 5.93. The van der Waals surface area contributed by atoms with Crippen molar-refractivity contribution in [3.05, 3.63) is 118 Å². The van der Waals surface area contributed by atoms with Gasteiger partial charge in [0.05, 0.1) is 35.6 Å². The molecule has 0 aliphatic rings. The number of hydrogen-bond acceptors (Lipinski definition) is 4. The minimum Gasteiger partial charge on any atom is -0.442 e. The second-order valence-corrected chi connectivity index (χ2v) is 12.7. The molecular weight excluding hydrogens is 564 g/mol. The zero-order valence-corrected chi connectivity index (χ0v) is 27.2. The summed E-state index contributed by atoms with van der Waals surface area (Å²) in [6.07, 6.45) is 1.55. The maximum atomic E-state index is 13.5. The van der Waals surface area contributed by atoms with Crippen molar-refractivity contribution in [2.24, 2.45) is 12.0 Å². The molecule has 0 aliphatic heterocycles. The molecule has 2 amide bonds. The topological polar surface area (TPSA) is 95.4 Å². The quantitative estimate of drug-likeness (QED) is 0.228. The Morgan fingerprint density at radius 1 is 0.889 bits per heavy atom. The Labute approximate surface area is 264 Å². The van der Waals surface area contributed by atoms with E-state index in [1.807, 2.05) is 59.0 Å². The Hall–Kier alpha value is -4.92. The molecule has 45 heavy (non-hydrogen) atoms. The van der Waals surface area contributed by atoms with Gasteiger partial charge in [0.2, 0.25) is 5.62 Å². The highest BCUT2D eigenvalue weighted by Crippen LogP contribution is 2.23. The Bertz CT molecular complexity index is 1870. The number of para-hydroxylation sites is 2. The summed E-state index contributed by atoms with van der Waals surface area (Å²) < 4.78 is 11.5. The van der Waals surface area contributed by atoms with Crippen LogP contribution in [0.2, 0.25) is 0 Å². The summed E-state index contributed by atoms with van der Waals surface area (Å²) in [5.41, 5.74) is 7.23. The van der Waals surface area contributed by atoms with Gasteiger partial charge in [-0.3, -0.25) is 4.79 Å². The van der Waals surface area contributed by atoms with Crippen molar-refractivity contribution >= 4 is 23.0 Å². The number of imidazole rings is 2. The molecule has 1 N–H and O–H groups in total. The Balaban J connectivity index is 1.68. The lowest BCUT2D eigenvalue weighted by Gasteiger charge is -2.22. The van der Waals surface area contributed by atoms with Gasteiger partial charge in [-0.05, 0) is 71.2 Å². The largest absolute Gasteiger partial charge is 0.442 e. The van der Waals surface area contributed by atoms with E-state index in [0.717, 1.165) is 22.2 Å².